The number of rotatable bonds is 4. The fraction of sp³-hybridized carbons (Fsp3) is 0. The molecule has 0 atom stereocenters. The van der Waals surface area contributed by atoms with Crippen molar-refractivity contribution in [1.82, 2.24) is 10.9 Å². The molecule has 3 rings (SSSR count). The van der Waals surface area contributed by atoms with Crippen LogP contribution in [0.15, 0.2) is 77.3 Å². The van der Waals surface area contributed by atoms with E-state index >= 15 is 0 Å². The van der Waals surface area contributed by atoms with Gasteiger partial charge in [-0.3, -0.25) is 25.2 Å². The Balaban J connectivity index is 1.61. The highest BCUT2D eigenvalue weighted by Gasteiger charge is 2.11. The quantitative estimate of drug-likeness (QED) is 0.491. The first-order valence-electron chi connectivity index (χ1n) is 8.45. The Hall–Kier alpha value is -3.16. The Morgan fingerprint density at radius 3 is 1.90 bits per heavy atom. The highest BCUT2D eigenvalue weighted by Crippen LogP contribution is 2.15. The molecule has 3 aromatic rings. The summed E-state index contributed by atoms with van der Waals surface area (Å²) < 4.78 is 0.869. The van der Waals surface area contributed by atoms with Gasteiger partial charge in [0.05, 0.1) is 0 Å². The number of nitrogens with one attached hydrogen (secondary N) is 3. The van der Waals surface area contributed by atoms with Gasteiger partial charge in [0.2, 0.25) is 0 Å². The molecule has 3 amide bonds. The van der Waals surface area contributed by atoms with E-state index in [0.717, 1.165) is 4.47 Å². The minimum absolute atomic E-state index is 0.273. The predicted molar refractivity (Wildman–Crippen MR) is 115 cm³/mol. The van der Waals surface area contributed by atoms with Gasteiger partial charge < -0.3 is 5.32 Å². The van der Waals surface area contributed by atoms with Crippen LogP contribution in [-0.2, 0) is 0 Å². The maximum Gasteiger partial charge on any atom is 0.269 e. The van der Waals surface area contributed by atoms with Crippen LogP contribution in [0.3, 0.4) is 0 Å². The number of halogens is 2. The fourth-order valence-electron chi connectivity index (χ4n) is 2.40. The number of hydrazine groups is 1. The van der Waals surface area contributed by atoms with Crippen molar-refractivity contribution in [2.24, 2.45) is 0 Å². The summed E-state index contributed by atoms with van der Waals surface area (Å²) in [6.07, 6.45) is 0. The molecule has 0 saturated carbocycles. The van der Waals surface area contributed by atoms with Crippen LogP contribution in [0, 0.1) is 0 Å². The molecule has 0 aromatic heterocycles. The smallest absolute Gasteiger partial charge is 0.269 e. The van der Waals surface area contributed by atoms with Gasteiger partial charge in [0, 0.05) is 31.9 Å². The average molecular weight is 473 g/mol. The van der Waals surface area contributed by atoms with Crippen molar-refractivity contribution >= 4 is 50.9 Å². The first kappa shape index (κ1) is 20.6. The molecule has 0 spiro atoms. The van der Waals surface area contributed by atoms with Crippen molar-refractivity contribution in [3.63, 3.8) is 0 Å². The van der Waals surface area contributed by atoms with Crippen molar-refractivity contribution in [3.05, 3.63) is 99.0 Å². The molecule has 6 nitrogen and oxygen atoms in total. The van der Waals surface area contributed by atoms with E-state index in [0.29, 0.717) is 21.8 Å². The van der Waals surface area contributed by atoms with Gasteiger partial charge in [-0.1, -0.05) is 33.6 Å². The summed E-state index contributed by atoms with van der Waals surface area (Å²) in [5, 5.41) is 3.24. The first-order chi connectivity index (χ1) is 13.9. The lowest BCUT2D eigenvalue weighted by atomic mass is 10.1. The second kappa shape index (κ2) is 9.36. The lowest BCUT2D eigenvalue weighted by Crippen LogP contribution is -2.41. The van der Waals surface area contributed by atoms with Crippen molar-refractivity contribution in [2.45, 2.75) is 0 Å². The Morgan fingerprint density at radius 2 is 1.24 bits per heavy atom. The monoisotopic (exact) mass is 471 g/mol. The Morgan fingerprint density at radius 1 is 0.690 bits per heavy atom. The zero-order valence-corrected chi connectivity index (χ0v) is 17.3. The minimum atomic E-state index is -0.521. The molecule has 0 saturated heterocycles. The zero-order valence-electron chi connectivity index (χ0n) is 14.9. The molecule has 146 valence electrons. The van der Waals surface area contributed by atoms with Crippen LogP contribution in [0.4, 0.5) is 5.69 Å². The number of hydrogen-bond donors (Lipinski definition) is 3. The molecule has 3 aromatic carbocycles. The van der Waals surface area contributed by atoms with Gasteiger partial charge in [-0.15, -0.1) is 0 Å². The molecule has 8 heteroatoms. The van der Waals surface area contributed by atoms with E-state index in [-0.39, 0.29) is 11.5 Å². The van der Waals surface area contributed by atoms with E-state index in [1.54, 1.807) is 66.7 Å². The van der Waals surface area contributed by atoms with Gasteiger partial charge in [0.25, 0.3) is 17.7 Å². The lowest BCUT2D eigenvalue weighted by Gasteiger charge is -2.10. The summed E-state index contributed by atoms with van der Waals surface area (Å²) in [7, 11) is 0. The molecular formula is C21H15BrClN3O3. The molecule has 0 fully saturated rings. The van der Waals surface area contributed by atoms with Crippen LogP contribution in [0.25, 0.3) is 0 Å². The molecule has 0 aliphatic carbocycles. The topological polar surface area (TPSA) is 87.3 Å². The van der Waals surface area contributed by atoms with Crippen molar-refractivity contribution < 1.29 is 14.4 Å². The minimum Gasteiger partial charge on any atom is -0.322 e. The van der Waals surface area contributed by atoms with Gasteiger partial charge in [-0.2, -0.15) is 0 Å². The number of benzene rings is 3. The van der Waals surface area contributed by atoms with Crippen molar-refractivity contribution in [1.29, 1.82) is 0 Å². The van der Waals surface area contributed by atoms with Crippen LogP contribution < -0.4 is 16.2 Å². The van der Waals surface area contributed by atoms with E-state index in [2.05, 4.69) is 32.1 Å². The van der Waals surface area contributed by atoms with Crippen LogP contribution in [0.5, 0.6) is 0 Å². The van der Waals surface area contributed by atoms with Crippen molar-refractivity contribution in [3.8, 4) is 0 Å². The molecule has 29 heavy (non-hydrogen) atoms. The van der Waals surface area contributed by atoms with Gasteiger partial charge in [-0.05, 0) is 66.7 Å². The fourth-order valence-corrected chi connectivity index (χ4v) is 2.79. The lowest BCUT2D eigenvalue weighted by molar-refractivity contribution is 0.0846. The van der Waals surface area contributed by atoms with E-state index in [1.807, 2.05) is 0 Å². The number of carbonyl (C=O) groups is 3. The van der Waals surface area contributed by atoms with Gasteiger partial charge in [0.1, 0.15) is 0 Å². The standard InChI is InChI=1S/C21H15BrClN3O3/c22-16-8-4-13(5-9-16)19(27)24-18-3-1-2-15(12-18)21(29)26-25-20(28)14-6-10-17(23)11-7-14/h1-12H,(H,24,27)(H,25,28)(H,26,29). The summed E-state index contributed by atoms with van der Waals surface area (Å²) in [5.74, 6) is -1.30. The molecule has 3 N–H and O–H groups in total. The van der Waals surface area contributed by atoms with Crippen LogP contribution in [0.2, 0.25) is 5.02 Å². The molecule has 0 aliphatic heterocycles. The highest BCUT2D eigenvalue weighted by atomic mass is 79.9. The first-order valence-corrected chi connectivity index (χ1v) is 9.63. The second-order valence-corrected chi connectivity index (χ2v) is 7.31. The predicted octanol–water partition coefficient (Wildman–Crippen LogP) is 4.43. The van der Waals surface area contributed by atoms with Gasteiger partial charge in [-0.25, -0.2) is 0 Å². The molecule has 0 bridgehead atoms. The third-order valence-electron chi connectivity index (χ3n) is 3.89. The highest BCUT2D eigenvalue weighted by molar-refractivity contribution is 9.10. The van der Waals surface area contributed by atoms with Crippen LogP contribution in [-0.4, -0.2) is 17.7 Å². The maximum atomic E-state index is 12.3. The van der Waals surface area contributed by atoms with Crippen LogP contribution in [0.1, 0.15) is 31.1 Å². The Labute approximate surface area is 180 Å². The van der Waals surface area contributed by atoms with E-state index < -0.39 is 11.8 Å². The largest absolute Gasteiger partial charge is 0.322 e. The number of hydrogen-bond acceptors (Lipinski definition) is 3. The molecular weight excluding hydrogens is 458 g/mol. The summed E-state index contributed by atoms with van der Waals surface area (Å²) >= 11 is 9.10. The summed E-state index contributed by atoms with van der Waals surface area (Å²) in [6.45, 7) is 0. The average Bonchev–Trinajstić information content (AvgIpc) is 2.73. The van der Waals surface area contributed by atoms with Gasteiger partial charge in [0.15, 0.2) is 0 Å². The van der Waals surface area contributed by atoms with Gasteiger partial charge >= 0.3 is 0 Å². The molecule has 0 radical (unpaired) electrons. The second-order valence-electron chi connectivity index (χ2n) is 5.96. The summed E-state index contributed by atoms with van der Waals surface area (Å²) in [5.41, 5.74) is 6.24. The molecule has 0 aliphatic rings. The third kappa shape index (κ3) is 5.66. The zero-order chi connectivity index (χ0) is 20.8. The summed E-state index contributed by atoms with van der Waals surface area (Å²) in [6, 6.07) is 19.5. The Kier molecular flexibility index (Phi) is 6.64. The van der Waals surface area contributed by atoms with Crippen molar-refractivity contribution in [2.75, 3.05) is 5.32 Å². The Bertz CT molecular complexity index is 1050. The van der Waals surface area contributed by atoms with E-state index in [1.165, 1.54) is 6.07 Å². The molecule has 0 heterocycles. The number of carbonyl (C=O) groups excluding carboxylic acids is 3. The van der Waals surface area contributed by atoms with Crippen LogP contribution >= 0.6 is 27.5 Å². The normalized spacial score (nSPS) is 10.1. The maximum absolute atomic E-state index is 12.3. The number of anilines is 1. The SMILES string of the molecule is O=C(NNC(=O)c1cccc(NC(=O)c2ccc(Br)cc2)c1)c1ccc(Cl)cc1. The third-order valence-corrected chi connectivity index (χ3v) is 4.67. The van der Waals surface area contributed by atoms with E-state index in [9.17, 15) is 14.4 Å². The van der Waals surface area contributed by atoms with E-state index in [4.69, 9.17) is 11.6 Å². The summed E-state index contributed by atoms with van der Waals surface area (Å²) in [4.78, 5) is 36.7. The number of amides is 3. The molecule has 0 unspecified atom stereocenters.